The maximum atomic E-state index is 12.0. The van der Waals surface area contributed by atoms with Gasteiger partial charge in [0.1, 0.15) is 5.60 Å². The van der Waals surface area contributed by atoms with Gasteiger partial charge in [-0.2, -0.15) is 0 Å². The lowest BCUT2D eigenvalue weighted by molar-refractivity contribution is -0.00225. The zero-order valence-electron chi connectivity index (χ0n) is 11.2. The Morgan fingerprint density at radius 3 is 2.65 bits per heavy atom. The molecule has 4 heteroatoms. The van der Waals surface area contributed by atoms with Gasteiger partial charge < -0.3 is 9.64 Å². The van der Waals surface area contributed by atoms with E-state index in [2.05, 4.69) is 4.90 Å². The number of amides is 1. The van der Waals surface area contributed by atoms with Gasteiger partial charge in [-0.25, -0.2) is 4.79 Å². The second-order valence-electron chi connectivity index (χ2n) is 6.11. The molecular weight excluding hydrogens is 216 g/mol. The van der Waals surface area contributed by atoms with Gasteiger partial charge in [0.05, 0.1) is 0 Å². The van der Waals surface area contributed by atoms with Gasteiger partial charge in [0.2, 0.25) is 0 Å². The van der Waals surface area contributed by atoms with Crippen LogP contribution in [0.25, 0.3) is 0 Å². The smallest absolute Gasteiger partial charge is 0.410 e. The summed E-state index contributed by atoms with van der Waals surface area (Å²) in [5, 5.41) is 0. The molecule has 2 heterocycles. The van der Waals surface area contributed by atoms with Gasteiger partial charge in [-0.1, -0.05) is 6.42 Å². The average Bonchev–Trinajstić information content (AvgIpc) is 2.26. The lowest BCUT2D eigenvalue weighted by Crippen LogP contribution is -2.56. The molecule has 4 nitrogen and oxygen atoms in total. The van der Waals surface area contributed by atoms with E-state index in [1.807, 2.05) is 25.7 Å². The van der Waals surface area contributed by atoms with Crippen LogP contribution in [0.5, 0.6) is 0 Å². The second-order valence-corrected chi connectivity index (χ2v) is 6.11. The molecule has 0 bridgehead atoms. The van der Waals surface area contributed by atoms with Crippen LogP contribution in [-0.2, 0) is 4.74 Å². The number of carbonyl (C=O) groups is 1. The van der Waals surface area contributed by atoms with Crippen LogP contribution in [0.15, 0.2) is 0 Å². The van der Waals surface area contributed by atoms with Crippen molar-refractivity contribution in [1.82, 2.24) is 9.80 Å². The zero-order valence-corrected chi connectivity index (χ0v) is 11.2. The summed E-state index contributed by atoms with van der Waals surface area (Å²) < 4.78 is 5.43. The minimum absolute atomic E-state index is 0.150. The van der Waals surface area contributed by atoms with E-state index in [0.717, 1.165) is 19.6 Å². The molecule has 2 saturated heterocycles. The van der Waals surface area contributed by atoms with E-state index >= 15 is 0 Å². The first kappa shape index (κ1) is 12.7. The van der Waals surface area contributed by atoms with E-state index < -0.39 is 0 Å². The minimum Gasteiger partial charge on any atom is -0.444 e. The Labute approximate surface area is 104 Å². The van der Waals surface area contributed by atoms with Crippen LogP contribution in [0.1, 0.15) is 40.0 Å². The number of carbonyl (C=O) groups excluding carboxylic acids is 1. The maximum absolute atomic E-state index is 12.0. The molecule has 2 fully saturated rings. The summed E-state index contributed by atoms with van der Waals surface area (Å²) in [6.07, 6.45) is 3.67. The fourth-order valence-corrected chi connectivity index (χ4v) is 2.65. The van der Waals surface area contributed by atoms with E-state index in [0.29, 0.717) is 6.04 Å². The average molecular weight is 240 g/mol. The van der Waals surface area contributed by atoms with E-state index in [1.54, 1.807) is 0 Å². The van der Waals surface area contributed by atoms with Crippen molar-refractivity contribution in [2.24, 2.45) is 0 Å². The fourth-order valence-electron chi connectivity index (χ4n) is 2.65. The summed E-state index contributed by atoms with van der Waals surface area (Å²) in [6.45, 7) is 9.61. The highest BCUT2D eigenvalue weighted by molar-refractivity contribution is 5.68. The number of fused-ring (bicyclic) bond motifs is 1. The van der Waals surface area contributed by atoms with Crippen molar-refractivity contribution in [2.75, 3.05) is 26.2 Å². The Balaban J connectivity index is 1.89. The molecule has 0 spiro atoms. The predicted molar refractivity (Wildman–Crippen MR) is 67.0 cm³/mol. The van der Waals surface area contributed by atoms with Crippen molar-refractivity contribution in [1.29, 1.82) is 0 Å². The van der Waals surface area contributed by atoms with Crippen LogP contribution in [0.3, 0.4) is 0 Å². The molecule has 1 atom stereocenters. The van der Waals surface area contributed by atoms with Gasteiger partial charge in [-0.3, -0.25) is 4.90 Å². The van der Waals surface area contributed by atoms with E-state index in [9.17, 15) is 4.79 Å². The summed E-state index contributed by atoms with van der Waals surface area (Å²) in [6, 6.07) is 0.560. The highest BCUT2D eigenvalue weighted by atomic mass is 16.6. The summed E-state index contributed by atoms with van der Waals surface area (Å²) in [5.74, 6) is 0. The van der Waals surface area contributed by atoms with Gasteiger partial charge in [0.15, 0.2) is 0 Å². The Bertz CT molecular complexity index is 286. The lowest BCUT2D eigenvalue weighted by Gasteiger charge is -2.44. The van der Waals surface area contributed by atoms with Crippen molar-refractivity contribution in [3.63, 3.8) is 0 Å². The predicted octanol–water partition coefficient (Wildman–Crippen LogP) is 2.09. The molecule has 0 aromatic carbocycles. The Morgan fingerprint density at radius 1 is 1.18 bits per heavy atom. The first-order chi connectivity index (χ1) is 7.96. The number of rotatable bonds is 0. The molecule has 0 unspecified atom stereocenters. The van der Waals surface area contributed by atoms with Crippen molar-refractivity contribution in [2.45, 2.75) is 51.7 Å². The summed E-state index contributed by atoms with van der Waals surface area (Å²) >= 11 is 0. The van der Waals surface area contributed by atoms with Gasteiger partial charge >= 0.3 is 6.09 Å². The van der Waals surface area contributed by atoms with Gasteiger partial charge in [0, 0.05) is 25.7 Å². The molecule has 0 aromatic rings. The van der Waals surface area contributed by atoms with E-state index in [-0.39, 0.29) is 11.7 Å². The van der Waals surface area contributed by atoms with Crippen LogP contribution >= 0.6 is 0 Å². The summed E-state index contributed by atoms with van der Waals surface area (Å²) in [5.41, 5.74) is -0.388. The minimum atomic E-state index is -0.388. The molecule has 2 rings (SSSR count). The fraction of sp³-hybridized carbons (Fsp3) is 0.923. The SMILES string of the molecule is CC(C)(C)OC(=O)N1CCN2CCCC[C@H]2C1. The number of hydrogen-bond donors (Lipinski definition) is 0. The first-order valence-electron chi connectivity index (χ1n) is 6.68. The van der Waals surface area contributed by atoms with Gasteiger partial charge in [-0.15, -0.1) is 0 Å². The molecular formula is C13H24N2O2. The van der Waals surface area contributed by atoms with Crippen molar-refractivity contribution >= 4 is 6.09 Å². The second kappa shape index (κ2) is 4.84. The number of hydrogen-bond acceptors (Lipinski definition) is 3. The largest absolute Gasteiger partial charge is 0.444 e. The topological polar surface area (TPSA) is 32.8 Å². The van der Waals surface area contributed by atoms with Crippen molar-refractivity contribution in [3.05, 3.63) is 0 Å². The maximum Gasteiger partial charge on any atom is 0.410 e. The van der Waals surface area contributed by atoms with Gasteiger partial charge in [0.25, 0.3) is 0 Å². The normalized spacial score (nSPS) is 26.5. The highest BCUT2D eigenvalue weighted by Crippen LogP contribution is 2.22. The van der Waals surface area contributed by atoms with Crippen LogP contribution in [0.4, 0.5) is 4.79 Å². The quantitative estimate of drug-likeness (QED) is 0.650. The number of piperidine rings is 1. The molecule has 0 aliphatic carbocycles. The molecule has 1 amide bonds. The van der Waals surface area contributed by atoms with Crippen molar-refractivity contribution < 1.29 is 9.53 Å². The van der Waals surface area contributed by atoms with Crippen LogP contribution in [0, 0.1) is 0 Å². The van der Waals surface area contributed by atoms with E-state index in [4.69, 9.17) is 4.74 Å². The first-order valence-corrected chi connectivity index (χ1v) is 6.68. The van der Waals surface area contributed by atoms with Crippen LogP contribution < -0.4 is 0 Å². The summed E-state index contributed by atoms with van der Waals surface area (Å²) in [7, 11) is 0. The molecule has 0 N–H and O–H groups in total. The van der Waals surface area contributed by atoms with Gasteiger partial charge in [-0.05, 0) is 40.2 Å². The molecule has 17 heavy (non-hydrogen) atoms. The third-order valence-corrected chi connectivity index (χ3v) is 3.49. The van der Waals surface area contributed by atoms with Crippen molar-refractivity contribution in [3.8, 4) is 0 Å². The molecule has 2 aliphatic rings. The zero-order chi connectivity index (χ0) is 12.5. The summed E-state index contributed by atoms with van der Waals surface area (Å²) in [4.78, 5) is 16.4. The Kier molecular flexibility index (Phi) is 3.61. The van der Waals surface area contributed by atoms with Crippen LogP contribution in [0.2, 0.25) is 0 Å². The molecule has 98 valence electrons. The monoisotopic (exact) mass is 240 g/mol. The number of ether oxygens (including phenoxy) is 1. The molecule has 2 aliphatic heterocycles. The molecule has 0 aromatic heterocycles. The Hall–Kier alpha value is -0.770. The van der Waals surface area contributed by atoms with E-state index in [1.165, 1.54) is 25.8 Å². The molecule has 0 saturated carbocycles. The number of nitrogens with zero attached hydrogens (tertiary/aromatic N) is 2. The standard InChI is InChI=1S/C13H24N2O2/c1-13(2,3)17-12(16)15-9-8-14-7-5-4-6-11(14)10-15/h11H,4-10H2,1-3H3/t11-/m0/s1. The molecule has 0 radical (unpaired) electrons. The lowest BCUT2D eigenvalue weighted by atomic mass is 10.00. The highest BCUT2D eigenvalue weighted by Gasteiger charge is 2.32. The third kappa shape index (κ3) is 3.35. The number of piperazine rings is 1. The third-order valence-electron chi connectivity index (χ3n) is 3.49. The Morgan fingerprint density at radius 2 is 1.94 bits per heavy atom. The van der Waals surface area contributed by atoms with Crippen LogP contribution in [-0.4, -0.2) is 53.7 Å².